The molecule has 0 unspecified atom stereocenters. The third kappa shape index (κ3) is 5.12. The highest BCUT2D eigenvalue weighted by molar-refractivity contribution is 7.89. The smallest absolute Gasteiger partial charge is 0.303 e. The van der Waals surface area contributed by atoms with Gasteiger partial charge in [0.15, 0.2) is 0 Å². The van der Waals surface area contributed by atoms with E-state index in [9.17, 15) is 23.3 Å². The van der Waals surface area contributed by atoms with Crippen LogP contribution in [-0.4, -0.2) is 31.0 Å². The summed E-state index contributed by atoms with van der Waals surface area (Å²) >= 11 is 0. The molecule has 0 bridgehead atoms. The van der Waals surface area contributed by atoms with Crippen molar-refractivity contribution >= 4 is 21.7 Å². The molecule has 0 radical (unpaired) electrons. The van der Waals surface area contributed by atoms with E-state index in [4.69, 9.17) is 5.11 Å². The first kappa shape index (κ1) is 17.1. The number of benzene rings is 1. The molecular formula is C12H16N2O6S. The SMILES string of the molecule is Cc1ccc(S(=O)(=O)NCCCCC(=O)O)cc1[N+](=O)[O-]. The number of aryl methyl sites for hydroxylation is 1. The summed E-state index contributed by atoms with van der Waals surface area (Å²) in [6.07, 6.45) is 0.698. The molecule has 0 aliphatic rings. The van der Waals surface area contributed by atoms with E-state index >= 15 is 0 Å². The molecule has 0 amide bonds. The van der Waals surface area contributed by atoms with Crippen LogP contribution in [0.4, 0.5) is 5.69 Å². The molecule has 1 aromatic rings. The maximum atomic E-state index is 12.0. The van der Waals surface area contributed by atoms with Gasteiger partial charge in [-0.15, -0.1) is 0 Å². The summed E-state index contributed by atoms with van der Waals surface area (Å²) in [6, 6.07) is 3.67. The molecule has 2 N–H and O–H groups in total. The molecule has 1 aromatic carbocycles. The number of hydrogen-bond acceptors (Lipinski definition) is 5. The zero-order valence-electron chi connectivity index (χ0n) is 11.4. The van der Waals surface area contributed by atoms with Crippen LogP contribution in [0.15, 0.2) is 23.1 Å². The van der Waals surface area contributed by atoms with Gasteiger partial charge in [0.2, 0.25) is 10.0 Å². The minimum absolute atomic E-state index is 0.0300. The summed E-state index contributed by atoms with van der Waals surface area (Å²) in [7, 11) is -3.84. The molecule has 0 fully saturated rings. The van der Waals surface area contributed by atoms with E-state index in [1.165, 1.54) is 19.1 Å². The fraction of sp³-hybridized carbons (Fsp3) is 0.417. The van der Waals surface area contributed by atoms with E-state index in [-0.39, 0.29) is 23.5 Å². The van der Waals surface area contributed by atoms with Crippen molar-refractivity contribution < 1.29 is 23.2 Å². The van der Waals surface area contributed by atoms with Gasteiger partial charge in [-0.25, -0.2) is 13.1 Å². The molecule has 0 atom stereocenters. The van der Waals surface area contributed by atoms with E-state index in [0.29, 0.717) is 18.4 Å². The fourth-order valence-corrected chi connectivity index (χ4v) is 2.74. The Kier molecular flexibility index (Phi) is 5.79. The molecule has 8 nitrogen and oxygen atoms in total. The van der Waals surface area contributed by atoms with Crippen molar-refractivity contribution in [3.63, 3.8) is 0 Å². The van der Waals surface area contributed by atoms with Gasteiger partial charge >= 0.3 is 5.97 Å². The van der Waals surface area contributed by atoms with Gasteiger partial charge in [-0.2, -0.15) is 0 Å². The molecule has 116 valence electrons. The second-order valence-electron chi connectivity index (χ2n) is 4.45. The van der Waals surface area contributed by atoms with Gasteiger partial charge in [0.25, 0.3) is 5.69 Å². The summed E-state index contributed by atoms with van der Waals surface area (Å²) in [5, 5.41) is 19.3. The molecule has 0 aliphatic carbocycles. The van der Waals surface area contributed by atoms with Gasteiger partial charge in [0.05, 0.1) is 9.82 Å². The number of nitrogens with one attached hydrogen (secondary N) is 1. The predicted molar refractivity (Wildman–Crippen MR) is 74.5 cm³/mol. The first-order chi connectivity index (χ1) is 9.74. The molecule has 9 heteroatoms. The Bertz CT molecular complexity index is 641. The van der Waals surface area contributed by atoms with E-state index in [2.05, 4.69) is 4.72 Å². The second-order valence-corrected chi connectivity index (χ2v) is 6.22. The molecule has 0 saturated heterocycles. The van der Waals surface area contributed by atoms with Gasteiger partial charge in [0.1, 0.15) is 0 Å². The predicted octanol–water partition coefficient (Wildman–Crippen LogP) is 1.44. The van der Waals surface area contributed by atoms with Crippen LogP contribution in [0.5, 0.6) is 0 Å². The number of hydrogen-bond donors (Lipinski definition) is 2. The summed E-state index contributed by atoms with van der Waals surface area (Å²) in [5.74, 6) is -0.938. The van der Waals surface area contributed by atoms with E-state index in [1.54, 1.807) is 0 Å². The molecule has 0 heterocycles. The van der Waals surface area contributed by atoms with Gasteiger partial charge in [0, 0.05) is 24.6 Å². The fourth-order valence-electron chi connectivity index (χ4n) is 1.64. The van der Waals surface area contributed by atoms with Crippen molar-refractivity contribution in [3.05, 3.63) is 33.9 Å². The largest absolute Gasteiger partial charge is 0.481 e. The second kappa shape index (κ2) is 7.14. The van der Waals surface area contributed by atoms with Crippen LogP contribution in [0.25, 0.3) is 0 Å². The highest BCUT2D eigenvalue weighted by Gasteiger charge is 2.19. The molecule has 0 aromatic heterocycles. The van der Waals surface area contributed by atoms with Crippen LogP contribution in [0.3, 0.4) is 0 Å². The number of unbranched alkanes of at least 4 members (excludes halogenated alkanes) is 1. The Morgan fingerprint density at radius 1 is 1.38 bits per heavy atom. The van der Waals surface area contributed by atoms with Crippen LogP contribution >= 0.6 is 0 Å². The van der Waals surface area contributed by atoms with Crippen LogP contribution in [0.2, 0.25) is 0 Å². The van der Waals surface area contributed by atoms with Crippen LogP contribution in [-0.2, 0) is 14.8 Å². The third-order valence-corrected chi connectivity index (χ3v) is 4.26. The summed E-state index contributed by atoms with van der Waals surface area (Å²) in [5.41, 5.74) is 0.115. The minimum Gasteiger partial charge on any atom is -0.481 e. The molecule has 0 spiro atoms. The molecular weight excluding hydrogens is 300 g/mol. The van der Waals surface area contributed by atoms with E-state index < -0.39 is 20.9 Å². The standard InChI is InChI=1S/C12H16N2O6S/c1-9-5-6-10(8-11(9)14(17)18)21(19,20)13-7-3-2-4-12(15)16/h5-6,8,13H,2-4,7H2,1H3,(H,15,16). The number of rotatable bonds is 8. The lowest BCUT2D eigenvalue weighted by molar-refractivity contribution is -0.385. The van der Waals surface area contributed by atoms with Crippen LogP contribution in [0.1, 0.15) is 24.8 Å². The van der Waals surface area contributed by atoms with Crippen molar-refractivity contribution in [2.24, 2.45) is 0 Å². The van der Waals surface area contributed by atoms with Crippen molar-refractivity contribution in [1.82, 2.24) is 4.72 Å². The first-order valence-corrected chi connectivity index (χ1v) is 7.69. The zero-order valence-corrected chi connectivity index (χ0v) is 12.2. The Labute approximate surface area is 122 Å². The first-order valence-electron chi connectivity index (χ1n) is 6.20. The molecule has 1 rings (SSSR count). The van der Waals surface area contributed by atoms with Gasteiger partial charge in [-0.05, 0) is 25.8 Å². The lowest BCUT2D eigenvalue weighted by atomic mass is 10.2. The number of sulfonamides is 1. The normalized spacial score (nSPS) is 11.3. The lowest BCUT2D eigenvalue weighted by Crippen LogP contribution is -2.25. The Balaban J connectivity index is 2.72. The van der Waals surface area contributed by atoms with Crippen LogP contribution < -0.4 is 4.72 Å². The Morgan fingerprint density at radius 3 is 2.62 bits per heavy atom. The summed E-state index contributed by atoms with van der Waals surface area (Å²) in [6.45, 7) is 1.60. The topological polar surface area (TPSA) is 127 Å². The lowest BCUT2D eigenvalue weighted by Gasteiger charge is -2.07. The number of carboxylic acids is 1. The Hall–Kier alpha value is -2.00. The highest BCUT2D eigenvalue weighted by atomic mass is 32.2. The highest BCUT2D eigenvalue weighted by Crippen LogP contribution is 2.21. The average Bonchev–Trinajstić information content (AvgIpc) is 2.37. The van der Waals surface area contributed by atoms with Crippen molar-refractivity contribution in [3.8, 4) is 0 Å². The number of nitro groups is 1. The summed E-state index contributed by atoms with van der Waals surface area (Å²) in [4.78, 5) is 20.3. The number of carboxylic acid groups (broad SMARTS) is 1. The minimum atomic E-state index is -3.84. The number of nitrogens with zero attached hydrogens (tertiary/aromatic N) is 1. The number of aliphatic carboxylic acids is 1. The van der Waals surface area contributed by atoms with E-state index in [0.717, 1.165) is 6.07 Å². The quantitative estimate of drug-likeness (QED) is 0.424. The van der Waals surface area contributed by atoms with Crippen LogP contribution in [0, 0.1) is 17.0 Å². The Morgan fingerprint density at radius 2 is 2.05 bits per heavy atom. The number of nitro benzene ring substituents is 1. The van der Waals surface area contributed by atoms with Gasteiger partial charge in [-0.1, -0.05) is 6.07 Å². The third-order valence-electron chi connectivity index (χ3n) is 2.80. The number of carbonyl (C=O) groups is 1. The van der Waals surface area contributed by atoms with E-state index in [1.807, 2.05) is 0 Å². The van der Waals surface area contributed by atoms with Gasteiger partial charge in [-0.3, -0.25) is 14.9 Å². The van der Waals surface area contributed by atoms with Gasteiger partial charge < -0.3 is 5.11 Å². The van der Waals surface area contributed by atoms with Crippen molar-refractivity contribution in [2.75, 3.05) is 6.54 Å². The zero-order chi connectivity index (χ0) is 16.0. The molecule has 0 aliphatic heterocycles. The van der Waals surface area contributed by atoms with Crippen molar-refractivity contribution in [2.45, 2.75) is 31.1 Å². The molecule has 21 heavy (non-hydrogen) atoms. The monoisotopic (exact) mass is 316 g/mol. The maximum absolute atomic E-state index is 12.0. The maximum Gasteiger partial charge on any atom is 0.303 e. The average molecular weight is 316 g/mol. The van der Waals surface area contributed by atoms with Crippen molar-refractivity contribution in [1.29, 1.82) is 0 Å². The summed E-state index contributed by atoms with van der Waals surface area (Å²) < 4.78 is 26.2. The molecule has 0 saturated carbocycles.